The first-order valence-corrected chi connectivity index (χ1v) is 4.15. The van der Waals surface area contributed by atoms with E-state index in [0.29, 0.717) is 5.92 Å². The van der Waals surface area contributed by atoms with Crippen molar-refractivity contribution < 1.29 is 0 Å². The molecule has 0 radical (unpaired) electrons. The average molecular weight is 148 g/mol. The van der Waals surface area contributed by atoms with Crippen LogP contribution in [0.25, 0.3) is 0 Å². The second-order valence-electron chi connectivity index (χ2n) is 3.38. The van der Waals surface area contributed by atoms with Gasteiger partial charge in [0.25, 0.3) is 0 Å². The van der Waals surface area contributed by atoms with E-state index in [9.17, 15) is 0 Å². The summed E-state index contributed by atoms with van der Waals surface area (Å²) < 4.78 is 0. The second kappa shape index (κ2) is 3.08. The fourth-order valence-corrected chi connectivity index (χ4v) is 1.31. The maximum absolute atomic E-state index is 2.31. The zero-order valence-corrected chi connectivity index (χ0v) is 7.81. The minimum Gasteiger partial charge on any atom is -0.0776 e. The zero-order valence-electron chi connectivity index (χ0n) is 7.81. The van der Waals surface area contributed by atoms with Crippen LogP contribution in [-0.2, 0) is 0 Å². The van der Waals surface area contributed by atoms with E-state index in [-0.39, 0.29) is 0 Å². The first-order valence-electron chi connectivity index (χ1n) is 4.15. The summed E-state index contributed by atoms with van der Waals surface area (Å²) in [5, 5.41) is 0. The number of allylic oxidation sites excluding steroid dienone is 6. The van der Waals surface area contributed by atoms with E-state index in [1.54, 1.807) is 0 Å². The first kappa shape index (κ1) is 8.32. The molecule has 0 saturated carbocycles. The number of rotatable bonds is 0. The minimum atomic E-state index is 0.586. The Kier molecular flexibility index (Phi) is 2.33. The summed E-state index contributed by atoms with van der Waals surface area (Å²) in [6.45, 7) is 8.75. The predicted octanol–water partition coefficient (Wildman–Crippen LogP) is 3.48. The quantitative estimate of drug-likeness (QED) is 0.493. The molecule has 0 saturated heterocycles. The Labute approximate surface area is 69.3 Å². The van der Waals surface area contributed by atoms with Gasteiger partial charge in [0.1, 0.15) is 0 Å². The van der Waals surface area contributed by atoms with Crippen molar-refractivity contribution in [1.82, 2.24) is 0 Å². The van der Waals surface area contributed by atoms with Crippen LogP contribution in [-0.4, -0.2) is 0 Å². The number of hydrogen-bond donors (Lipinski definition) is 0. The average Bonchev–Trinajstić information content (AvgIpc) is 2.05. The Bertz CT molecular complexity index is 239. The zero-order chi connectivity index (χ0) is 8.43. The lowest BCUT2D eigenvalue weighted by atomic mass is 10.0. The van der Waals surface area contributed by atoms with Gasteiger partial charge in [0.2, 0.25) is 0 Å². The van der Waals surface area contributed by atoms with E-state index >= 15 is 0 Å². The monoisotopic (exact) mass is 148 g/mol. The molecule has 1 atom stereocenters. The SMILES string of the molecule is CC1=CC(C)C=CC(C)=C1C. The molecule has 0 spiro atoms. The molecule has 1 aliphatic rings. The fourth-order valence-electron chi connectivity index (χ4n) is 1.31. The normalized spacial score (nSPS) is 25.1. The summed E-state index contributed by atoms with van der Waals surface area (Å²) >= 11 is 0. The van der Waals surface area contributed by atoms with Gasteiger partial charge in [-0.15, -0.1) is 0 Å². The molecule has 0 fully saturated rings. The molecule has 0 aliphatic heterocycles. The Balaban J connectivity index is 3.06. The van der Waals surface area contributed by atoms with Crippen molar-refractivity contribution >= 4 is 0 Å². The van der Waals surface area contributed by atoms with Crippen LogP contribution in [0.5, 0.6) is 0 Å². The van der Waals surface area contributed by atoms with Crippen LogP contribution in [0.15, 0.2) is 34.9 Å². The third-order valence-electron chi connectivity index (χ3n) is 2.35. The summed E-state index contributed by atoms with van der Waals surface area (Å²) in [5.41, 5.74) is 4.23. The molecule has 60 valence electrons. The van der Waals surface area contributed by atoms with Gasteiger partial charge in [0.05, 0.1) is 0 Å². The van der Waals surface area contributed by atoms with Gasteiger partial charge >= 0.3 is 0 Å². The van der Waals surface area contributed by atoms with Gasteiger partial charge in [-0.3, -0.25) is 0 Å². The van der Waals surface area contributed by atoms with Crippen LogP contribution < -0.4 is 0 Å². The second-order valence-corrected chi connectivity index (χ2v) is 3.38. The van der Waals surface area contributed by atoms with Crippen molar-refractivity contribution in [2.24, 2.45) is 5.92 Å². The summed E-state index contributed by atoms with van der Waals surface area (Å²) in [6, 6.07) is 0. The van der Waals surface area contributed by atoms with E-state index in [4.69, 9.17) is 0 Å². The highest BCUT2D eigenvalue weighted by Crippen LogP contribution is 2.21. The lowest BCUT2D eigenvalue weighted by Gasteiger charge is -2.02. The number of hydrogen-bond acceptors (Lipinski definition) is 0. The molecule has 1 aliphatic carbocycles. The Morgan fingerprint density at radius 1 is 1.18 bits per heavy atom. The Morgan fingerprint density at radius 2 is 1.82 bits per heavy atom. The third-order valence-corrected chi connectivity index (χ3v) is 2.35. The summed E-state index contributed by atoms with van der Waals surface area (Å²) in [5.74, 6) is 0.586. The van der Waals surface area contributed by atoms with Gasteiger partial charge in [0, 0.05) is 0 Å². The van der Waals surface area contributed by atoms with Crippen LogP contribution in [0.2, 0.25) is 0 Å². The molecular formula is C11H16. The summed E-state index contributed by atoms with van der Waals surface area (Å²) in [4.78, 5) is 0. The highest BCUT2D eigenvalue weighted by Gasteiger charge is 2.02. The van der Waals surface area contributed by atoms with E-state index < -0.39 is 0 Å². The molecule has 0 heteroatoms. The smallest absolute Gasteiger partial charge is 0.00728 e. The minimum absolute atomic E-state index is 0.586. The van der Waals surface area contributed by atoms with E-state index in [1.807, 2.05) is 0 Å². The lowest BCUT2D eigenvalue weighted by molar-refractivity contribution is 0.931. The lowest BCUT2D eigenvalue weighted by Crippen LogP contribution is -1.84. The summed E-state index contributed by atoms with van der Waals surface area (Å²) in [7, 11) is 0. The van der Waals surface area contributed by atoms with Gasteiger partial charge in [-0.25, -0.2) is 0 Å². The Morgan fingerprint density at radius 3 is 2.45 bits per heavy atom. The molecule has 0 nitrogen and oxygen atoms in total. The molecule has 0 aromatic carbocycles. The highest BCUT2D eigenvalue weighted by atomic mass is 14.1. The van der Waals surface area contributed by atoms with Gasteiger partial charge in [-0.1, -0.05) is 30.7 Å². The summed E-state index contributed by atoms with van der Waals surface area (Å²) in [6.07, 6.45) is 6.77. The first-order chi connectivity index (χ1) is 5.11. The van der Waals surface area contributed by atoms with Crippen molar-refractivity contribution in [3.8, 4) is 0 Å². The van der Waals surface area contributed by atoms with Crippen molar-refractivity contribution in [3.05, 3.63) is 34.9 Å². The van der Waals surface area contributed by atoms with Crippen molar-refractivity contribution in [2.45, 2.75) is 27.7 Å². The van der Waals surface area contributed by atoms with Crippen molar-refractivity contribution in [3.63, 3.8) is 0 Å². The maximum atomic E-state index is 2.31. The molecule has 11 heavy (non-hydrogen) atoms. The molecule has 0 N–H and O–H groups in total. The van der Waals surface area contributed by atoms with Crippen molar-refractivity contribution in [1.29, 1.82) is 0 Å². The molecule has 0 amide bonds. The van der Waals surface area contributed by atoms with Crippen molar-refractivity contribution in [2.75, 3.05) is 0 Å². The standard InChI is InChI=1S/C11H16/c1-8-5-6-9(2)11(4)10(3)7-8/h5-8H,1-4H3. The van der Waals surface area contributed by atoms with Gasteiger partial charge in [-0.05, 0) is 37.8 Å². The maximum Gasteiger partial charge on any atom is -0.00728 e. The fraction of sp³-hybridized carbons (Fsp3) is 0.455. The van der Waals surface area contributed by atoms with Crippen LogP contribution in [0, 0.1) is 5.92 Å². The molecular weight excluding hydrogens is 132 g/mol. The molecule has 0 heterocycles. The van der Waals surface area contributed by atoms with Crippen LogP contribution in [0.4, 0.5) is 0 Å². The predicted molar refractivity (Wildman–Crippen MR) is 50.4 cm³/mol. The van der Waals surface area contributed by atoms with Crippen LogP contribution in [0.1, 0.15) is 27.7 Å². The molecule has 1 unspecified atom stereocenters. The topological polar surface area (TPSA) is 0 Å². The molecule has 1 rings (SSSR count). The van der Waals surface area contributed by atoms with E-state index in [2.05, 4.69) is 45.9 Å². The third kappa shape index (κ3) is 1.83. The van der Waals surface area contributed by atoms with Crippen LogP contribution >= 0.6 is 0 Å². The van der Waals surface area contributed by atoms with Gasteiger partial charge in [-0.2, -0.15) is 0 Å². The Hall–Kier alpha value is -0.780. The van der Waals surface area contributed by atoms with E-state index in [0.717, 1.165) is 0 Å². The van der Waals surface area contributed by atoms with Gasteiger partial charge in [0.15, 0.2) is 0 Å². The van der Waals surface area contributed by atoms with E-state index in [1.165, 1.54) is 16.7 Å². The highest BCUT2D eigenvalue weighted by molar-refractivity contribution is 5.39. The molecule has 0 bridgehead atoms. The van der Waals surface area contributed by atoms with Crippen LogP contribution in [0.3, 0.4) is 0 Å². The molecule has 0 aromatic heterocycles. The van der Waals surface area contributed by atoms with Gasteiger partial charge < -0.3 is 0 Å². The molecule has 0 aromatic rings. The largest absolute Gasteiger partial charge is 0.0776 e.